The molecule has 0 spiro atoms. The van der Waals surface area contributed by atoms with Gasteiger partial charge in [0.1, 0.15) is 5.82 Å². The molecule has 0 bridgehead atoms. The third-order valence-electron chi connectivity index (χ3n) is 4.27. The fourth-order valence-electron chi connectivity index (χ4n) is 2.72. The van der Waals surface area contributed by atoms with Crippen LogP contribution in [0.3, 0.4) is 0 Å². The van der Waals surface area contributed by atoms with Crippen molar-refractivity contribution in [1.82, 2.24) is 0 Å². The maximum absolute atomic E-state index is 14.0. The first-order valence-electron chi connectivity index (χ1n) is 8.85. The van der Waals surface area contributed by atoms with Crippen LogP contribution < -0.4 is 9.47 Å². The molecule has 0 saturated carbocycles. The van der Waals surface area contributed by atoms with Crippen LogP contribution in [-0.4, -0.2) is 13.1 Å². The minimum Gasteiger partial charge on any atom is -0.493 e. The summed E-state index contributed by atoms with van der Waals surface area (Å²) in [5, 5.41) is 9.43. The van der Waals surface area contributed by atoms with Gasteiger partial charge in [-0.3, -0.25) is 0 Å². The highest BCUT2D eigenvalue weighted by Crippen LogP contribution is 2.31. The highest BCUT2D eigenvalue weighted by molar-refractivity contribution is 5.92. The second kappa shape index (κ2) is 8.85. The lowest BCUT2D eigenvalue weighted by Crippen LogP contribution is -2.09. The summed E-state index contributed by atoms with van der Waals surface area (Å²) < 4.78 is 24.8. The number of rotatable bonds is 5. The van der Waals surface area contributed by atoms with Crippen molar-refractivity contribution in [3.05, 3.63) is 94.8 Å². The molecule has 0 aliphatic carbocycles. The van der Waals surface area contributed by atoms with Crippen LogP contribution in [0.4, 0.5) is 4.39 Å². The van der Waals surface area contributed by atoms with Crippen LogP contribution >= 0.6 is 0 Å². The van der Waals surface area contributed by atoms with Gasteiger partial charge in [-0.2, -0.15) is 5.26 Å². The number of carbonyl (C=O) groups excluding carboxylic acids is 1. The van der Waals surface area contributed by atoms with Crippen molar-refractivity contribution in [2.24, 2.45) is 0 Å². The summed E-state index contributed by atoms with van der Waals surface area (Å²) in [7, 11) is 1.45. The molecule has 0 radical (unpaired) electrons. The molecule has 0 atom stereocenters. The Labute approximate surface area is 168 Å². The second-order valence-electron chi connectivity index (χ2n) is 6.32. The molecule has 29 heavy (non-hydrogen) atoms. The van der Waals surface area contributed by atoms with E-state index in [0.29, 0.717) is 16.9 Å². The molecule has 0 heterocycles. The smallest absolute Gasteiger partial charge is 0.343 e. The molecular weight excluding hydrogens is 369 g/mol. The van der Waals surface area contributed by atoms with Crippen molar-refractivity contribution in [3.8, 4) is 17.6 Å². The van der Waals surface area contributed by atoms with Crippen molar-refractivity contribution in [1.29, 1.82) is 5.26 Å². The number of ether oxygens (including phenoxy) is 2. The molecular formula is C24H18FNO3. The Hall–Kier alpha value is -3.91. The van der Waals surface area contributed by atoms with Gasteiger partial charge in [-0.1, -0.05) is 42.0 Å². The Kier molecular flexibility index (Phi) is 6.06. The summed E-state index contributed by atoms with van der Waals surface area (Å²) in [5.74, 6) is -0.406. The molecule has 0 saturated heterocycles. The summed E-state index contributed by atoms with van der Waals surface area (Å²) in [6.45, 7) is 1.93. The SMILES string of the molecule is COc1cc(/C=C(/C#N)c2ccccc2F)ccc1OC(=O)c1ccc(C)cc1. The lowest BCUT2D eigenvalue weighted by Gasteiger charge is -2.10. The molecule has 0 fully saturated rings. The molecule has 0 aromatic heterocycles. The third-order valence-corrected chi connectivity index (χ3v) is 4.27. The van der Waals surface area contributed by atoms with E-state index in [1.165, 1.54) is 13.2 Å². The van der Waals surface area contributed by atoms with Crippen LogP contribution in [0.5, 0.6) is 11.5 Å². The van der Waals surface area contributed by atoms with E-state index in [0.717, 1.165) is 5.56 Å². The van der Waals surface area contributed by atoms with E-state index < -0.39 is 11.8 Å². The first-order chi connectivity index (χ1) is 14.0. The van der Waals surface area contributed by atoms with Gasteiger partial charge in [0.2, 0.25) is 0 Å². The fourth-order valence-corrected chi connectivity index (χ4v) is 2.72. The number of methoxy groups -OCH3 is 1. The minimum atomic E-state index is -0.504. The molecule has 0 aliphatic rings. The number of hydrogen-bond acceptors (Lipinski definition) is 4. The quantitative estimate of drug-likeness (QED) is 0.254. The van der Waals surface area contributed by atoms with Gasteiger partial charge in [-0.15, -0.1) is 0 Å². The lowest BCUT2D eigenvalue weighted by atomic mass is 10.0. The van der Waals surface area contributed by atoms with Gasteiger partial charge in [0.05, 0.1) is 24.3 Å². The van der Waals surface area contributed by atoms with Crippen LogP contribution in [0.15, 0.2) is 66.7 Å². The topological polar surface area (TPSA) is 59.3 Å². The Balaban J connectivity index is 1.88. The Morgan fingerprint density at radius 2 is 1.76 bits per heavy atom. The van der Waals surface area contributed by atoms with Crippen LogP contribution in [-0.2, 0) is 0 Å². The number of nitriles is 1. The van der Waals surface area contributed by atoms with Gasteiger partial charge in [0.15, 0.2) is 11.5 Å². The highest BCUT2D eigenvalue weighted by atomic mass is 19.1. The van der Waals surface area contributed by atoms with Gasteiger partial charge >= 0.3 is 5.97 Å². The number of aryl methyl sites for hydroxylation is 1. The number of halogens is 1. The molecule has 144 valence electrons. The molecule has 3 aromatic carbocycles. The van der Waals surface area contributed by atoms with Gasteiger partial charge in [-0.05, 0) is 48.9 Å². The summed E-state index contributed by atoms with van der Waals surface area (Å²) in [4.78, 5) is 12.4. The number of hydrogen-bond donors (Lipinski definition) is 0. The van der Waals surface area contributed by atoms with Crippen molar-refractivity contribution < 1.29 is 18.7 Å². The molecule has 3 rings (SSSR count). The van der Waals surface area contributed by atoms with Gasteiger partial charge in [-0.25, -0.2) is 9.18 Å². The monoisotopic (exact) mass is 387 g/mol. The maximum atomic E-state index is 14.0. The minimum absolute atomic E-state index is 0.176. The molecule has 0 amide bonds. The van der Waals surface area contributed by atoms with E-state index in [-0.39, 0.29) is 16.9 Å². The van der Waals surface area contributed by atoms with E-state index in [1.54, 1.807) is 54.6 Å². The summed E-state index contributed by atoms with van der Waals surface area (Å²) in [5.41, 5.74) is 2.46. The fraction of sp³-hybridized carbons (Fsp3) is 0.0833. The van der Waals surface area contributed by atoms with Crippen molar-refractivity contribution in [3.63, 3.8) is 0 Å². The van der Waals surface area contributed by atoms with Crippen LogP contribution in [0.2, 0.25) is 0 Å². The Bertz CT molecular complexity index is 1110. The van der Waals surface area contributed by atoms with Crippen molar-refractivity contribution in [2.45, 2.75) is 6.92 Å². The molecule has 0 unspecified atom stereocenters. The molecule has 4 nitrogen and oxygen atoms in total. The van der Waals surface area contributed by atoms with Crippen LogP contribution in [0.25, 0.3) is 11.6 Å². The highest BCUT2D eigenvalue weighted by Gasteiger charge is 2.13. The number of allylic oxidation sites excluding steroid dienone is 1. The number of benzene rings is 3. The van der Waals surface area contributed by atoms with Crippen LogP contribution in [0, 0.1) is 24.1 Å². The Morgan fingerprint density at radius 1 is 1.03 bits per heavy atom. The van der Waals surface area contributed by atoms with E-state index >= 15 is 0 Å². The summed E-state index contributed by atoms with van der Waals surface area (Å²) >= 11 is 0. The molecule has 3 aromatic rings. The average Bonchev–Trinajstić information content (AvgIpc) is 2.74. The zero-order valence-electron chi connectivity index (χ0n) is 16.0. The average molecular weight is 387 g/mol. The maximum Gasteiger partial charge on any atom is 0.343 e. The summed E-state index contributed by atoms with van der Waals surface area (Å²) in [6.07, 6.45) is 1.55. The van der Waals surface area contributed by atoms with E-state index in [1.807, 2.05) is 25.1 Å². The predicted molar refractivity (Wildman–Crippen MR) is 109 cm³/mol. The van der Waals surface area contributed by atoms with Gasteiger partial charge in [0, 0.05) is 5.56 Å². The number of carbonyl (C=O) groups is 1. The normalized spacial score (nSPS) is 10.9. The molecule has 0 aliphatic heterocycles. The Morgan fingerprint density at radius 3 is 2.41 bits per heavy atom. The zero-order chi connectivity index (χ0) is 20.8. The second-order valence-corrected chi connectivity index (χ2v) is 6.32. The van der Waals surface area contributed by atoms with E-state index in [9.17, 15) is 14.4 Å². The lowest BCUT2D eigenvalue weighted by molar-refractivity contribution is 0.0729. The van der Waals surface area contributed by atoms with Crippen molar-refractivity contribution in [2.75, 3.05) is 7.11 Å². The van der Waals surface area contributed by atoms with Gasteiger partial charge < -0.3 is 9.47 Å². The number of nitrogens with zero attached hydrogens (tertiary/aromatic N) is 1. The summed E-state index contributed by atoms with van der Waals surface area (Å²) in [6, 6.07) is 20.0. The number of esters is 1. The van der Waals surface area contributed by atoms with Gasteiger partial charge in [0.25, 0.3) is 0 Å². The molecule has 5 heteroatoms. The third kappa shape index (κ3) is 4.69. The first-order valence-corrected chi connectivity index (χ1v) is 8.85. The van der Waals surface area contributed by atoms with E-state index in [4.69, 9.17) is 9.47 Å². The van der Waals surface area contributed by atoms with E-state index in [2.05, 4.69) is 0 Å². The largest absolute Gasteiger partial charge is 0.493 e. The first kappa shape index (κ1) is 19.8. The molecule has 0 N–H and O–H groups in total. The van der Waals surface area contributed by atoms with Crippen LogP contribution in [0.1, 0.15) is 27.0 Å². The van der Waals surface area contributed by atoms with Crippen molar-refractivity contribution >= 4 is 17.6 Å². The standard InChI is InChI=1S/C24H18FNO3/c1-16-7-10-18(11-8-16)24(27)29-22-12-9-17(14-23(22)28-2)13-19(15-26)20-5-3-4-6-21(20)25/h3-14H,1-2H3/b19-13-. The predicted octanol–water partition coefficient (Wildman–Crippen LogP) is 5.43. The zero-order valence-corrected chi connectivity index (χ0v) is 16.0.